The van der Waals surface area contributed by atoms with E-state index in [0.717, 1.165) is 10.5 Å². The molecule has 1 aromatic carbocycles. The number of piperidine rings is 1. The second-order valence-corrected chi connectivity index (χ2v) is 5.37. The lowest BCUT2D eigenvalue weighted by molar-refractivity contribution is -0.147. The molecule has 3 amide bonds. The van der Waals surface area contributed by atoms with Gasteiger partial charge in [-0.2, -0.15) is 0 Å². The quantitative estimate of drug-likeness (QED) is 0.635. The van der Waals surface area contributed by atoms with Crippen LogP contribution in [0.4, 0.5) is 0 Å². The summed E-state index contributed by atoms with van der Waals surface area (Å²) < 4.78 is 0. The Bertz CT molecular complexity index is 586. The average molecular weight is 292 g/mol. The van der Waals surface area contributed by atoms with Crippen LogP contribution in [-0.2, 0) is 9.59 Å². The van der Waals surface area contributed by atoms with Gasteiger partial charge in [-0.3, -0.25) is 19.3 Å². The fourth-order valence-electron chi connectivity index (χ4n) is 2.14. The van der Waals surface area contributed by atoms with Gasteiger partial charge < -0.3 is 5.32 Å². The molecule has 0 spiro atoms. The lowest BCUT2D eigenvalue weighted by Crippen LogP contribution is -2.53. The van der Waals surface area contributed by atoms with Crippen molar-refractivity contribution < 1.29 is 14.4 Å². The number of nitrogens with zero attached hydrogens (tertiary/aromatic N) is 1. The van der Waals surface area contributed by atoms with E-state index in [1.807, 2.05) is 6.92 Å². The van der Waals surface area contributed by atoms with Crippen molar-refractivity contribution in [3.63, 3.8) is 0 Å². The maximum absolute atomic E-state index is 12.2. The molecule has 0 aromatic heterocycles. The SMILES string of the molecule is Cc1ccc(S)cc1C(=O)NC1CCC(=O)N(C)C1=O. The van der Waals surface area contributed by atoms with Gasteiger partial charge in [0.15, 0.2) is 0 Å². The van der Waals surface area contributed by atoms with Crippen LogP contribution in [0.3, 0.4) is 0 Å². The summed E-state index contributed by atoms with van der Waals surface area (Å²) in [5.74, 6) is -0.900. The van der Waals surface area contributed by atoms with E-state index in [4.69, 9.17) is 0 Å². The number of thiol groups is 1. The van der Waals surface area contributed by atoms with Crippen LogP contribution in [0.15, 0.2) is 23.1 Å². The van der Waals surface area contributed by atoms with Gasteiger partial charge in [-0.15, -0.1) is 12.6 Å². The Morgan fingerprint density at radius 1 is 1.40 bits per heavy atom. The van der Waals surface area contributed by atoms with Crippen molar-refractivity contribution in [1.82, 2.24) is 10.2 Å². The highest BCUT2D eigenvalue weighted by atomic mass is 32.1. The number of hydrogen-bond acceptors (Lipinski definition) is 4. The maximum atomic E-state index is 12.2. The number of amides is 3. The van der Waals surface area contributed by atoms with Crippen molar-refractivity contribution in [2.75, 3.05) is 7.05 Å². The molecule has 0 bridgehead atoms. The van der Waals surface area contributed by atoms with E-state index in [0.29, 0.717) is 16.9 Å². The second-order valence-electron chi connectivity index (χ2n) is 4.85. The molecular weight excluding hydrogens is 276 g/mol. The van der Waals surface area contributed by atoms with Crippen LogP contribution in [0.2, 0.25) is 0 Å². The zero-order valence-electron chi connectivity index (χ0n) is 11.3. The molecule has 106 valence electrons. The molecule has 1 heterocycles. The van der Waals surface area contributed by atoms with E-state index < -0.39 is 6.04 Å². The molecule has 1 aliphatic rings. The third kappa shape index (κ3) is 2.85. The summed E-state index contributed by atoms with van der Waals surface area (Å²) in [7, 11) is 1.43. The Labute approximate surface area is 122 Å². The zero-order valence-corrected chi connectivity index (χ0v) is 12.2. The third-order valence-corrected chi connectivity index (χ3v) is 3.70. The summed E-state index contributed by atoms with van der Waals surface area (Å²) in [6.45, 7) is 1.82. The van der Waals surface area contributed by atoms with Crippen molar-refractivity contribution in [1.29, 1.82) is 0 Å². The van der Waals surface area contributed by atoms with Crippen molar-refractivity contribution in [3.05, 3.63) is 29.3 Å². The van der Waals surface area contributed by atoms with E-state index in [1.54, 1.807) is 18.2 Å². The summed E-state index contributed by atoms with van der Waals surface area (Å²) in [5.41, 5.74) is 1.30. The minimum Gasteiger partial charge on any atom is -0.340 e. The fourth-order valence-corrected chi connectivity index (χ4v) is 2.34. The lowest BCUT2D eigenvalue weighted by Gasteiger charge is -2.28. The second kappa shape index (κ2) is 5.66. The molecule has 1 aromatic rings. The number of carbonyl (C=O) groups is 3. The van der Waals surface area contributed by atoms with Crippen molar-refractivity contribution in [2.45, 2.75) is 30.7 Å². The molecule has 0 saturated carbocycles. The first-order chi connectivity index (χ1) is 9.40. The molecule has 1 aliphatic heterocycles. The number of carbonyl (C=O) groups excluding carboxylic acids is 3. The Balaban J connectivity index is 2.14. The van der Waals surface area contributed by atoms with Gasteiger partial charge >= 0.3 is 0 Å². The van der Waals surface area contributed by atoms with E-state index in [1.165, 1.54) is 7.05 Å². The van der Waals surface area contributed by atoms with Gasteiger partial charge in [0.1, 0.15) is 6.04 Å². The van der Waals surface area contributed by atoms with Gasteiger partial charge in [0.2, 0.25) is 5.91 Å². The molecule has 6 heteroatoms. The Morgan fingerprint density at radius 2 is 2.10 bits per heavy atom. The standard InChI is InChI=1S/C14H16N2O3S/c1-8-3-4-9(20)7-10(8)13(18)15-11-5-6-12(17)16(2)14(11)19/h3-4,7,11,20H,5-6H2,1-2H3,(H,15,18). The van der Waals surface area contributed by atoms with Crippen LogP contribution in [-0.4, -0.2) is 35.7 Å². The molecule has 1 N–H and O–H groups in total. The Hall–Kier alpha value is -1.82. The van der Waals surface area contributed by atoms with Crippen molar-refractivity contribution >= 4 is 30.4 Å². The average Bonchev–Trinajstić information content (AvgIpc) is 2.42. The van der Waals surface area contributed by atoms with Crippen LogP contribution in [0.1, 0.15) is 28.8 Å². The molecule has 1 fully saturated rings. The molecule has 0 radical (unpaired) electrons. The first kappa shape index (κ1) is 14.6. The molecule has 5 nitrogen and oxygen atoms in total. The highest BCUT2D eigenvalue weighted by Gasteiger charge is 2.32. The maximum Gasteiger partial charge on any atom is 0.252 e. The molecule has 2 rings (SSSR count). The monoisotopic (exact) mass is 292 g/mol. The minimum absolute atomic E-state index is 0.214. The summed E-state index contributed by atoms with van der Waals surface area (Å²) in [5, 5.41) is 2.69. The molecular formula is C14H16N2O3S. The third-order valence-electron chi connectivity index (χ3n) is 3.42. The first-order valence-corrected chi connectivity index (χ1v) is 6.75. The summed E-state index contributed by atoms with van der Waals surface area (Å²) in [6.07, 6.45) is 0.603. The fraction of sp³-hybridized carbons (Fsp3) is 0.357. The van der Waals surface area contributed by atoms with Crippen LogP contribution >= 0.6 is 12.6 Å². The zero-order chi connectivity index (χ0) is 14.9. The van der Waals surface area contributed by atoms with Crippen LogP contribution < -0.4 is 5.32 Å². The van der Waals surface area contributed by atoms with Gasteiger partial charge in [-0.1, -0.05) is 6.07 Å². The molecule has 1 saturated heterocycles. The lowest BCUT2D eigenvalue weighted by atomic mass is 10.0. The first-order valence-electron chi connectivity index (χ1n) is 6.31. The summed E-state index contributed by atoms with van der Waals surface area (Å²) in [6, 6.07) is 4.62. The normalized spacial score (nSPS) is 19.1. The van der Waals surface area contributed by atoms with Crippen molar-refractivity contribution in [2.24, 2.45) is 0 Å². The predicted octanol–water partition coefficient (Wildman–Crippen LogP) is 1.16. The van der Waals surface area contributed by atoms with Gasteiger partial charge in [-0.25, -0.2) is 0 Å². The van der Waals surface area contributed by atoms with Crippen LogP contribution in [0, 0.1) is 6.92 Å². The molecule has 1 atom stereocenters. The van der Waals surface area contributed by atoms with Gasteiger partial charge in [-0.05, 0) is 31.0 Å². The number of likely N-dealkylation sites (tertiary alicyclic amines) is 1. The highest BCUT2D eigenvalue weighted by Crippen LogP contribution is 2.16. The van der Waals surface area contributed by atoms with Crippen LogP contribution in [0.5, 0.6) is 0 Å². The van der Waals surface area contributed by atoms with Gasteiger partial charge in [0.25, 0.3) is 11.8 Å². The van der Waals surface area contributed by atoms with Gasteiger partial charge in [0.05, 0.1) is 0 Å². The number of hydrogen-bond donors (Lipinski definition) is 2. The Kier molecular flexibility index (Phi) is 4.13. The predicted molar refractivity (Wildman–Crippen MR) is 76.7 cm³/mol. The number of rotatable bonds is 2. The minimum atomic E-state index is -0.645. The van der Waals surface area contributed by atoms with Gasteiger partial charge in [0, 0.05) is 23.9 Å². The largest absolute Gasteiger partial charge is 0.340 e. The highest BCUT2D eigenvalue weighted by molar-refractivity contribution is 7.80. The number of nitrogens with one attached hydrogen (secondary N) is 1. The van der Waals surface area contributed by atoms with E-state index in [-0.39, 0.29) is 24.1 Å². The molecule has 20 heavy (non-hydrogen) atoms. The number of benzene rings is 1. The topological polar surface area (TPSA) is 66.5 Å². The molecule has 0 aliphatic carbocycles. The van der Waals surface area contributed by atoms with Crippen LogP contribution in [0.25, 0.3) is 0 Å². The van der Waals surface area contributed by atoms with Crippen molar-refractivity contribution in [3.8, 4) is 0 Å². The smallest absolute Gasteiger partial charge is 0.252 e. The summed E-state index contributed by atoms with van der Waals surface area (Å²) in [4.78, 5) is 37.3. The van der Waals surface area contributed by atoms with E-state index in [9.17, 15) is 14.4 Å². The Morgan fingerprint density at radius 3 is 2.80 bits per heavy atom. The number of aryl methyl sites for hydroxylation is 1. The number of likely N-dealkylation sites (N-methyl/N-ethyl adjacent to an activating group) is 1. The van der Waals surface area contributed by atoms with E-state index in [2.05, 4.69) is 17.9 Å². The molecule has 1 unspecified atom stereocenters. The number of imide groups is 1. The summed E-state index contributed by atoms with van der Waals surface area (Å²) >= 11 is 4.21. The van der Waals surface area contributed by atoms with E-state index >= 15 is 0 Å².